The number of hydrogen-bond donors (Lipinski definition) is 2. The number of hydrogen-bond acceptors (Lipinski definition) is 11. The predicted molar refractivity (Wildman–Crippen MR) is 129 cm³/mol. The van der Waals surface area contributed by atoms with Crippen LogP contribution in [0.15, 0.2) is 0 Å². The van der Waals surface area contributed by atoms with Crippen LogP contribution in [-0.2, 0) is 14.4 Å². The fourth-order valence-corrected chi connectivity index (χ4v) is 2.63. The molecule has 0 atom stereocenters. The van der Waals surface area contributed by atoms with E-state index in [1.807, 2.05) is 0 Å². The molecule has 0 spiro atoms. The number of carbonyl (C=O) groups excluding carboxylic acids is 3. The monoisotopic (exact) mass is 539 g/mol. The largest absolute Gasteiger partial charge is 1.00 e. The SMILES string of the molecule is C.CCCN(CC)CCO.CCCNCC.CCN(CCN(CC(=O)[O-])CC(=O)[O-])CC(=O)[O-].[Na+].[Na+]. The van der Waals surface area contributed by atoms with Crippen LogP contribution < -0.4 is 79.8 Å². The number of aliphatic carboxylic acids is 3. The molecule has 0 amide bonds. The average Bonchev–Trinajstić information content (AvgIpc) is 2.74. The van der Waals surface area contributed by atoms with Crippen molar-refractivity contribution in [2.24, 2.45) is 0 Å². The Morgan fingerprint density at radius 1 is 0.667 bits per heavy atom. The first kappa shape index (κ1) is 49.2. The molecule has 206 valence electrons. The molecule has 0 radical (unpaired) electrons. The molecule has 0 rings (SSSR count). The summed E-state index contributed by atoms with van der Waals surface area (Å²) in [7, 11) is 0. The number of aliphatic hydroxyl groups is 1. The van der Waals surface area contributed by atoms with E-state index in [-0.39, 0.29) is 92.8 Å². The molecule has 0 saturated heterocycles. The minimum atomic E-state index is -1.40. The summed E-state index contributed by atoms with van der Waals surface area (Å²) in [6.45, 7) is 15.2. The maximum Gasteiger partial charge on any atom is 1.00 e. The quantitative estimate of drug-likeness (QED) is 0.126. The van der Waals surface area contributed by atoms with Gasteiger partial charge in [-0.1, -0.05) is 42.0 Å². The second-order valence-electron chi connectivity index (χ2n) is 7.21. The van der Waals surface area contributed by atoms with Gasteiger partial charge in [0.15, 0.2) is 0 Å². The molecule has 0 aliphatic rings. The minimum absolute atomic E-state index is 0. The predicted octanol–water partition coefficient (Wildman–Crippen LogP) is -8.78. The normalized spacial score (nSPS) is 9.58. The summed E-state index contributed by atoms with van der Waals surface area (Å²) in [4.78, 5) is 36.0. The first-order chi connectivity index (χ1) is 15.6. The van der Waals surface area contributed by atoms with E-state index in [0.29, 0.717) is 6.54 Å². The second-order valence-corrected chi connectivity index (χ2v) is 7.21. The van der Waals surface area contributed by atoms with E-state index < -0.39 is 31.0 Å². The molecule has 0 saturated carbocycles. The maximum absolute atomic E-state index is 10.4. The summed E-state index contributed by atoms with van der Waals surface area (Å²) < 4.78 is 0. The van der Waals surface area contributed by atoms with Gasteiger partial charge in [-0.25, -0.2) is 0 Å². The van der Waals surface area contributed by atoms with Crippen molar-refractivity contribution >= 4 is 17.9 Å². The van der Waals surface area contributed by atoms with E-state index in [0.717, 1.165) is 37.6 Å². The minimum Gasteiger partial charge on any atom is -0.549 e. The number of aliphatic hydroxyl groups excluding tert-OH is 1. The van der Waals surface area contributed by atoms with Crippen molar-refractivity contribution in [3.63, 3.8) is 0 Å². The van der Waals surface area contributed by atoms with Crippen molar-refractivity contribution in [3.05, 3.63) is 0 Å². The fourth-order valence-electron chi connectivity index (χ4n) is 2.63. The Bertz CT molecular complexity index is 467. The molecule has 0 aliphatic carbocycles. The Morgan fingerprint density at radius 2 is 1.08 bits per heavy atom. The third-order valence-corrected chi connectivity index (χ3v) is 4.32. The van der Waals surface area contributed by atoms with E-state index in [4.69, 9.17) is 5.11 Å². The van der Waals surface area contributed by atoms with Gasteiger partial charge in [-0.3, -0.25) is 9.80 Å². The van der Waals surface area contributed by atoms with E-state index in [1.165, 1.54) is 17.7 Å². The second kappa shape index (κ2) is 37.4. The topological polar surface area (TPSA) is 162 Å². The molecule has 36 heavy (non-hydrogen) atoms. The van der Waals surface area contributed by atoms with Crippen LogP contribution >= 0.6 is 0 Å². The van der Waals surface area contributed by atoms with Gasteiger partial charge in [0.25, 0.3) is 0 Å². The van der Waals surface area contributed by atoms with Crippen LogP contribution in [0.3, 0.4) is 0 Å². The Morgan fingerprint density at radius 3 is 1.36 bits per heavy atom. The van der Waals surface area contributed by atoms with Crippen LogP contribution in [0.4, 0.5) is 0 Å². The van der Waals surface area contributed by atoms with Crippen molar-refractivity contribution in [3.8, 4) is 0 Å². The summed E-state index contributed by atoms with van der Waals surface area (Å²) >= 11 is 0. The van der Waals surface area contributed by atoms with Gasteiger partial charge >= 0.3 is 59.1 Å². The number of carboxylic acid groups (broad SMARTS) is 3. The smallest absolute Gasteiger partial charge is 0.549 e. The molecule has 0 aromatic heterocycles. The van der Waals surface area contributed by atoms with Crippen molar-refractivity contribution in [2.75, 3.05) is 78.6 Å². The molecule has 0 fully saturated rings. The summed E-state index contributed by atoms with van der Waals surface area (Å²) in [5, 5.41) is 42.9. The van der Waals surface area contributed by atoms with Crippen LogP contribution in [0.5, 0.6) is 0 Å². The maximum atomic E-state index is 10.4. The molecule has 2 N–H and O–H groups in total. The third-order valence-electron chi connectivity index (χ3n) is 4.32. The number of carbonyl (C=O) groups is 3. The van der Waals surface area contributed by atoms with E-state index in [1.54, 1.807) is 6.92 Å². The average molecular weight is 540 g/mol. The zero-order valence-corrected chi connectivity index (χ0v) is 27.1. The van der Waals surface area contributed by atoms with Gasteiger partial charge in [0, 0.05) is 39.3 Å². The van der Waals surface area contributed by atoms with Gasteiger partial charge in [-0.05, 0) is 45.6 Å². The molecule has 0 aliphatic heterocycles. The molecule has 0 heterocycles. The summed E-state index contributed by atoms with van der Waals surface area (Å²) in [6.07, 6.45) is 2.42. The van der Waals surface area contributed by atoms with Gasteiger partial charge in [0.2, 0.25) is 0 Å². The Labute approximate surface area is 263 Å². The van der Waals surface area contributed by atoms with Gasteiger partial charge in [-0.2, -0.15) is 0 Å². The fraction of sp³-hybridized carbons (Fsp3) is 0.870. The number of nitrogens with zero attached hydrogens (tertiary/aromatic N) is 3. The zero-order valence-electron chi connectivity index (χ0n) is 23.1. The van der Waals surface area contributed by atoms with Gasteiger partial charge in [0.05, 0.1) is 24.5 Å². The summed E-state index contributed by atoms with van der Waals surface area (Å²) in [5.41, 5.74) is 0. The van der Waals surface area contributed by atoms with Crippen molar-refractivity contribution in [1.82, 2.24) is 20.0 Å². The van der Waals surface area contributed by atoms with E-state index >= 15 is 0 Å². The van der Waals surface area contributed by atoms with Crippen molar-refractivity contribution < 1.29 is 93.9 Å². The summed E-state index contributed by atoms with van der Waals surface area (Å²) in [5.74, 6) is -4.05. The Balaban J connectivity index is -0.000000106. The molecular formula is C23H49N4Na2O7-. The molecular weight excluding hydrogens is 490 g/mol. The van der Waals surface area contributed by atoms with Crippen molar-refractivity contribution in [1.29, 1.82) is 0 Å². The number of nitrogens with one attached hydrogen (secondary N) is 1. The standard InChI is InChI=1S/C10H18N2O6.C7H17NO.C5H13N.CH4.2Na/c1-2-11(5-8(13)14)3-4-12(6-9(15)16)7-10(17)18;1-3-5-8(4-2)6-7-9;1-3-5-6-4-2;;;/h2-7H2,1H3,(H,13,14)(H,15,16)(H,17,18);9H,3-7H2,1-2H3;6H,3-5H2,1-2H3;1H4;;/q;;;;2*+1/p-3. The van der Waals surface area contributed by atoms with Crippen LogP contribution in [0, 0.1) is 0 Å². The van der Waals surface area contributed by atoms with Crippen LogP contribution in [-0.4, -0.2) is 116 Å². The van der Waals surface area contributed by atoms with Gasteiger partial charge in [0.1, 0.15) is 0 Å². The van der Waals surface area contributed by atoms with E-state index in [9.17, 15) is 29.7 Å². The first-order valence-corrected chi connectivity index (χ1v) is 11.7. The number of rotatable bonds is 18. The molecule has 0 bridgehead atoms. The number of likely N-dealkylation sites (N-methyl/N-ethyl adjacent to an activating group) is 2. The zero-order chi connectivity index (χ0) is 26.1. The van der Waals surface area contributed by atoms with Crippen LogP contribution in [0.25, 0.3) is 0 Å². The Hall–Kier alpha value is 0.210. The van der Waals surface area contributed by atoms with Gasteiger partial charge in [-0.15, -0.1) is 0 Å². The van der Waals surface area contributed by atoms with Crippen LogP contribution in [0.1, 0.15) is 54.9 Å². The molecule has 0 aromatic rings. The summed E-state index contributed by atoms with van der Waals surface area (Å²) in [6, 6.07) is 0. The molecule has 11 nitrogen and oxygen atoms in total. The molecule has 13 heteroatoms. The third kappa shape index (κ3) is 41.3. The number of carboxylic acids is 3. The van der Waals surface area contributed by atoms with Crippen LogP contribution in [0.2, 0.25) is 0 Å². The first-order valence-electron chi connectivity index (χ1n) is 11.7. The molecule has 0 unspecified atom stereocenters. The van der Waals surface area contributed by atoms with E-state index in [2.05, 4.69) is 37.9 Å². The Kier molecular flexibility index (Phi) is 51.0. The van der Waals surface area contributed by atoms with Crippen molar-refractivity contribution in [2.45, 2.75) is 54.9 Å². The van der Waals surface area contributed by atoms with Gasteiger partial charge < -0.3 is 45.0 Å². The molecule has 0 aromatic carbocycles.